The SMILES string of the molecule is O=C(O)c1ccccc1CN1C(=O)SC(=Cc2ccc3c(cnn3Cc3ccc(Cl)cc3C(F)(F)F)c2)C1=O. The van der Waals surface area contributed by atoms with Gasteiger partial charge in [-0.25, -0.2) is 4.79 Å². The van der Waals surface area contributed by atoms with Crippen LogP contribution < -0.4 is 0 Å². The predicted molar refractivity (Wildman–Crippen MR) is 140 cm³/mol. The third-order valence-electron chi connectivity index (χ3n) is 6.11. The average Bonchev–Trinajstić information content (AvgIpc) is 3.39. The van der Waals surface area contributed by atoms with Gasteiger partial charge in [0.25, 0.3) is 11.1 Å². The van der Waals surface area contributed by atoms with Crippen molar-refractivity contribution >= 4 is 57.5 Å². The van der Waals surface area contributed by atoms with Gasteiger partial charge in [-0.05, 0) is 64.9 Å². The lowest BCUT2D eigenvalue weighted by molar-refractivity contribution is -0.138. The maximum Gasteiger partial charge on any atom is 0.416 e. The molecule has 12 heteroatoms. The molecular formula is C27H17ClF3N3O4S. The Balaban J connectivity index is 1.39. The summed E-state index contributed by atoms with van der Waals surface area (Å²) >= 11 is 6.51. The molecule has 2 heterocycles. The molecule has 0 bridgehead atoms. The van der Waals surface area contributed by atoms with Gasteiger partial charge in [0.2, 0.25) is 0 Å². The monoisotopic (exact) mass is 571 g/mol. The number of fused-ring (bicyclic) bond motifs is 1. The van der Waals surface area contributed by atoms with Crippen LogP contribution in [0.4, 0.5) is 18.0 Å². The predicted octanol–water partition coefficient (Wildman–Crippen LogP) is 6.69. The summed E-state index contributed by atoms with van der Waals surface area (Å²) in [5.74, 6) is -1.71. The normalized spacial score (nSPS) is 15.1. The molecule has 2 amide bonds. The Morgan fingerprint density at radius 1 is 1.03 bits per heavy atom. The van der Waals surface area contributed by atoms with E-state index in [0.717, 1.165) is 22.7 Å². The molecule has 0 radical (unpaired) electrons. The van der Waals surface area contributed by atoms with E-state index in [2.05, 4.69) is 5.10 Å². The van der Waals surface area contributed by atoms with E-state index < -0.39 is 28.9 Å². The Hall–Kier alpha value is -4.09. The van der Waals surface area contributed by atoms with Gasteiger partial charge in [0.05, 0.1) is 40.8 Å². The highest BCUT2D eigenvalue weighted by molar-refractivity contribution is 8.18. The summed E-state index contributed by atoms with van der Waals surface area (Å²) in [4.78, 5) is 38.2. The van der Waals surface area contributed by atoms with E-state index in [0.29, 0.717) is 22.0 Å². The number of amides is 2. The lowest BCUT2D eigenvalue weighted by Gasteiger charge is -2.14. The highest BCUT2D eigenvalue weighted by atomic mass is 35.5. The second-order valence-electron chi connectivity index (χ2n) is 8.65. The van der Waals surface area contributed by atoms with Gasteiger partial charge in [-0.15, -0.1) is 0 Å². The highest BCUT2D eigenvalue weighted by Crippen LogP contribution is 2.36. The van der Waals surface area contributed by atoms with Gasteiger partial charge in [0.1, 0.15) is 0 Å². The molecule has 0 unspecified atom stereocenters. The third kappa shape index (κ3) is 5.41. The Labute approximate surface area is 228 Å². The standard InChI is InChI=1S/C27H17ClF3N3O4S/c28-19-7-6-17(21(11-19)27(29,30)31)14-34-22-8-5-15(9-18(22)12-32-34)10-23-24(35)33(26(38)39-23)13-16-3-1-2-4-20(16)25(36)37/h1-12H,13-14H2,(H,36,37). The van der Waals surface area contributed by atoms with Crippen LogP contribution in [0, 0.1) is 0 Å². The Morgan fingerprint density at radius 2 is 1.79 bits per heavy atom. The van der Waals surface area contributed by atoms with Crippen LogP contribution in [0.3, 0.4) is 0 Å². The summed E-state index contributed by atoms with van der Waals surface area (Å²) in [6, 6.07) is 14.8. The van der Waals surface area contributed by atoms with E-state index in [9.17, 15) is 32.7 Å². The van der Waals surface area contributed by atoms with Crippen LogP contribution in [-0.2, 0) is 24.1 Å². The number of carbonyl (C=O) groups excluding carboxylic acids is 2. The number of nitrogens with zero attached hydrogens (tertiary/aromatic N) is 3. The summed E-state index contributed by atoms with van der Waals surface area (Å²) in [5.41, 5.74) is 0.673. The number of halogens is 4. The maximum atomic E-state index is 13.5. The van der Waals surface area contributed by atoms with E-state index in [1.54, 1.807) is 36.4 Å². The zero-order chi connectivity index (χ0) is 27.9. The van der Waals surface area contributed by atoms with E-state index in [1.807, 2.05) is 0 Å². The van der Waals surface area contributed by atoms with Crippen molar-refractivity contribution in [3.05, 3.63) is 105 Å². The molecule has 3 aromatic carbocycles. The second kappa shape index (κ2) is 10.2. The Kier molecular flexibility index (Phi) is 6.96. The van der Waals surface area contributed by atoms with E-state index in [1.165, 1.54) is 35.2 Å². The van der Waals surface area contributed by atoms with Crippen LogP contribution >= 0.6 is 23.4 Å². The fourth-order valence-electron chi connectivity index (χ4n) is 4.26. The fourth-order valence-corrected chi connectivity index (χ4v) is 5.27. The summed E-state index contributed by atoms with van der Waals surface area (Å²) in [6.45, 7) is -0.313. The number of aromatic nitrogens is 2. The minimum absolute atomic E-state index is 0.00366. The molecule has 7 nitrogen and oxygen atoms in total. The van der Waals surface area contributed by atoms with E-state index in [4.69, 9.17) is 11.6 Å². The maximum absolute atomic E-state index is 13.5. The van der Waals surface area contributed by atoms with E-state index >= 15 is 0 Å². The molecule has 1 N–H and O–H groups in total. The molecule has 1 saturated heterocycles. The quantitative estimate of drug-likeness (QED) is 0.259. The second-order valence-corrected chi connectivity index (χ2v) is 10.1. The minimum atomic E-state index is -4.57. The zero-order valence-electron chi connectivity index (χ0n) is 19.8. The fraction of sp³-hybridized carbons (Fsp3) is 0.111. The lowest BCUT2D eigenvalue weighted by Crippen LogP contribution is -2.28. The van der Waals surface area contributed by atoms with Crippen molar-refractivity contribution in [1.82, 2.24) is 14.7 Å². The number of hydrogen-bond donors (Lipinski definition) is 1. The molecule has 0 aliphatic carbocycles. The van der Waals surface area contributed by atoms with Gasteiger partial charge in [0.15, 0.2) is 0 Å². The number of aromatic carboxylic acids is 1. The van der Waals surface area contributed by atoms with Crippen molar-refractivity contribution < 1.29 is 32.7 Å². The molecule has 39 heavy (non-hydrogen) atoms. The van der Waals surface area contributed by atoms with Gasteiger partial charge in [0, 0.05) is 10.4 Å². The van der Waals surface area contributed by atoms with Crippen LogP contribution in [0.1, 0.15) is 32.6 Å². The lowest BCUT2D eigenvalue weighted by atomic mass is 10.1. The number of benzene rings is 3. The van der Waals surface area contributed by atoms with Crippen molar-refractivity contribution in [3.63, 3.8) is 0 Å². The van der Waals surface area contributed by atoms with Crippen molar-refractivity contribution in [2.45, 2.75) is 19.3 Å². The number of carbonyl (C=O) groups is 3. The summed E-state index contributed by atoms with van der Waals surface area (Å²) in [5, 5.41) is 13.7. The van der Waals surface area contributed by atoms with E-state index in [-0.39, 0.29) is 34.1 Å². The molecule has 0 spiro atoms. The molecule has 198 valence electrons. The first-order chi connectivity index (χ1) is 18.5. The van der Waals surface area contributed by atoms with Crippen LogP contribution in [0.25, 0.3) is 17.0 Å². The Morgan fingerprint density at radius 3 is 2.54 bits per heavy atom. The molecular weight excluding hydrogens is 555 g/mol. The number of carboxylic acids is 1. The average molecular weight is 572 g/mol. The first-order valence-electron chi connectivity index (χ1n) is 11.4. The van der Waals surface area contributed by atoms with Crippen molar-refractivity contribution in [2.24, 2.45) is 0 Å². The number of carboxylic acid groups (broad SMARTS) is 1. The van der Waals surface area contributed by atoms with Gasteiger partial charge in [-0.2, -0.15) is 18.3 Å². The number of hydrogen-bond acceptors (Lipinski definition) is 5. The van der Waals surface area contributed by atoms with Crippen LogP contribution in [-0.4, -0.2) is 36.9 Å². The molecule has 4 aromatic rings. The largest absolute Gasteiger partial charge is 0.478 e. The minimum Gasteiger partial charge on any atom is -0.478 e. The summed E-state index contributed by atoms with van der Waals surface area (Å²) in [7, 11) is 0. The summed E-state index contributed by atoms with van der Waals surface area (Å²) in [6.07, 6.45) is -1.54. The third-order valence-corrected chi connectivity index (χ3v) is 7.25. The highest BCUT2D eigenvalue weighted by Gasteiger charge is 2.36. The molecule has 5 rings (SSSR count). The zero-order valence-corrected chi connectivity index (χ0v) is 21.3. The number of alkyl halides is 3. The van der Waals surface area contributed by atoms with Gasteiger partial charge >= 0.3 is 12.1 Å². The molecule has 1 fully saturated rings. The van der Waals surface area contributed by atoms with Gasteiger partial charge in [-0.1, -0.05) is 41.9 Å². The molecule has 1 aromatic heterocycles. The number of rotatable bonds is 6. The summed E-state index contributed by atoms with van der Waals surface area (Å²) < 4.78 is 41.9. The molecule has 0 saturated carbocycles. The van der Waals surface area contributed by atoms with Crippen molar-refractivity contribution in [1.29, 1.82) is 0 Å². The first-order valence-corrected chi connectivity index (χ1v) is 12.6. The number of imide groups is 1. The first kappa shape index (κ1) is 26.5. The van der Waals surface area contributed by atoms with Crippen LogP contribution in [0.2, 0.25) is 5.02 Å². The molecule has 0 atom stereocenters. The smallest absolute Gasteiger partial charge is 0.416 e. The van der Waals surface area contributed by atoms with Crippen LogP contribution in [0.15, 0.2) is 71.8 Å². The van der Waals surface area contributed by atoms with Gasteiger partial charge in [-0.3, -0.25) is 19.2 Å². The van der Waals surface area contributed by atoms with Gasteiger partial charge < -0.3 is 5.11 Å². The van der Waals surface area contributed by atoms with Crippen LogP contribution in [0.5, 0.6) is 0 Å². The van der Waals surface area contributed by atoms with Crippen molar-refractivity contribution in [2.75, 3.05) is 0 Å². The van der Waals surface area contributed by atoms with Crippen molar-refractivity contribution in [3.8, 4) is 0 Å². The topological polar surface area (TPSA) is 92.5 Å². The number of thioether (sulfide) groups is 1. The molecule has 1 aliphatic heterocycles. The molecule has 1 aliphatic rings. The Bertz CT molecular complexity index is 1680.